The minimum atomic E-state index is -2.85. The summed E-state index contributed by atoms with van der Waals surface area (Å²) in [5, 5.41) is 9.11. The van der Waals surface area contributed by atoms with Crippen LogP contribution >= 0.6 is 0 Å². The second kappa shape index (κ2) is 5.36. The number of rotatable bonds is 2. The molecule has 0 aliphatic carbocycles. The molecule has 2 N–H and O–H groups in total. The van der Waals surface area contributed by atoms with E-state index in [0.717, 1.165) is 0 Å². The molecule has 0 radical (unpaired) electrons. The molecule has 8 nitrogen and oxygen atoms in total. The number of amides is 3. The Morgan fingerprint density at radius 3 is 2.69 bits per heavy atom. The number of nitrogens with one attached hydrogen (secondary N) is 2. The van der Waals surface area contributed by atoms with Crippen LogP contribution in [0.3, 0.4) is 0 Å². The average molecular weight is 364 g/mol. The Morgan fingerprint density at radius 2 is 2.04 bits per heavy atom. The molecule has 3 amide bonds. The summed E-state index contributed by atoms with van der Waals surface area (Å²) in [6.45, 7) is 2.88. The molecule has 2 aromatic rings. The van der Waals surface area contributed by atoms with Gasteiger partial charge in [0.15, 0.2) is 5.65 Å². The van der Waals surface area contributed by atoms with Gasteiger partial charge in [-0.15, -0.1) is 0 Å². The molecule has 4 rings (SSSR count). The summed E-state index contributed by atoms with van der Waals surface area (Å²) in [7, 11) is 0. The number of hydrogen-bond donors (Lipinski definition) is 2. The highest BCUT2D eigenvalue weighted by Gasteiger charge is 2.54. The lowest BCUT2D eigenvalue weighted by molar-refractivity contribution is -0.122. The molecule has 2 aromatic heterocycles. The van der Waals surface area contributed by atoms with E-state index in [0.29, 0.717) is 17.0 Å². The van der Waals surface area contributed by atoms with E-state index in [1.807, 2.05) is 0 Å². The van der Waals surface area contributed by atoms with Crippen molar-refractivity contribution < 1.29 is 18.4 Å². The largest absolute Gasteiger partial charge is 0.362 e. The van der Waals surface area contributed by atoms with Crippen molar-refractivity contribution in [2.75, 3.05) is 24.5 Å². The lowest BCUT2D eigenvalue weighted by Gasteiger charge is -2.25. The van der Waals surface area contributed by atoms with Gasteiger partial charge in [0, 0.05) is 30.9 Å². The molecular formula is C16H18F2N6O2. The maximum Gasteiger partial charge on any atom is 0.321 e. The van der Waals surface area contributed by atoms with Crippen molar-refractivity contribution in [2.24, 2.45) is 5.41 Å². The number of nitrogens with zero attached hydrogens (tertiary/aromatic N) is 4. The first kappa shape index (κ1) is 16.7. The van der Waals surface area contributed by atoms with Gasteiger partial charge in [-0.3, -0.25) is 10.1 Å². The van der Waals surface area contributed by atoms with Crippen LogP contribution in [-0.2, 0) is 4.79 Å². The third-order valence-electron chi connectivity index (χ3n) is 5.04. The summed E-state index contributed by atoms with van der Waals surface area (Å²) in [5.74, 6) is -4.02. The van der Waals surface area contributed by atoms with Crippen LogP contribution in [0.1, 0.15) is 25.5 Å². The van der Waals surface area contributed by atoms with Crippen molar-refractivity contribution in [1.29, 1.82) is 0 Å². The molecule has 4 heterocycles. The van der Waals surface area contributed by atoms with Crippen LogP contribution in [0.15, 0.2) is 18.5 Å². The molecule has 2 aliphatic heterocycles. The number of carbonyl (C=O) groups excluding carboxylic acids is 2. The van der Waals surface area contributed by atoms with Crippen LogP contribution in [0.4, 0.5) is 19.3 Å². The molecule has 2 fully saturated rings. The normalized spacial score (nSPS) is 24.6. The van der Waals surface area contributed by atoms with E-state index >= 15 is 0 Å². The Labute approximate surface area is 147 Å². The van der Waals surface area contributed by atoms with Gasteiger partial charge >= 0.3 is 6.03 Å². The van der Waals surface area contributed by atoms with Gasteiger partial charge in [-0.2, -0.15) is 5.10 Å². The summed E-state index contributed by atoms with van der Waals surface area (Å²) in [5.41, 5.74) is 0.143. The summed E-state index contributed by atoms with van der Waals surface area (Å²) in [6, 6.07) is 1.05. The highest BCUT2D eigenvalue weighted by Crippen LogP contribution is 2.45. The van der Waals surface area contributed by atoms with E-state index in [9.17, 15) is 18.4 Å². The van der Waals surface area contributed by atoms with Gasteiger partial charge in [0.1, 0.15) is 0 Å². The van der Waals surface area contributed by atoms with Crippen molar-refractivity contribution in [2.45, 2.75) is 25.7 Å². The lowest BCUT2D eigenvalue weighted by atomic mass is 9.89. The van der Waals surface area contributed by atoms with Crippen molar-refractivity contribution in [3.63, 3.8) is 0 Å². The zero-order valence-corrected chi connectivity index (χ0v) is 14.3. The molecule has 2 aliphatic rings. The van der Waals surface area contributed by atoms with E-state index in [2.05, 4.69) is 20.7 Å². The predicted molar refractivity (Wildman–Crippen MR) is 88.2 cm³/mol. The zero-order valence-electron chi connectivity index (χ0n) is 14.3. The van der Waals surface area contributed by atoms with E-state index in [-0.39, 0.29) is 13.1 Å². The SMILES string of the molecule is CC1(C)CN(c2cc(C3CNC(=O)NC3=O)nn3ccnc23)CC1(F)F. The lowest BCUT2D eigenvalue weighted by Crippen LogP contribution is -2.51. The van der Waals surface area contributed by atoms with Crippen molar-refractivity contribution >= 4 is 23.3 Å². The molecule has 2 saturated heterocycles. The van der Waals surface area contributed by atoms with Crippen molar-refractivity contribution in [1.82, 2.24) is 25.2 Å². The van der Waals surface area contributed by atoms with E-state index in [4.69, 9.17) is 0 Å². The van der Waals surface area contributed by atoms with E-state index in [1.54, 1.807) is 17.2 Å². The van der Waals surface area contributed by atoms with Gasteiger partial charge in [0.2, 0.25) is 5.91 Å². The number of anilines is 1. The minimum absolute atomic E-state index is 0.0962. The molecule has 1 unspecified atom stereocenters. The van der Waals surface area contributed by atoms with Gasteiger partial charge in [-0.05, 0) is 6.07 Å². The average Bonchev–Trinajstić information content (AvgIpc) is 3.08. The maximum atomic E-state index is 14.3. The summed E-state index contributed by atoms with van der Waals surface area (Å²) in [4.78, 5) is 29.2. The first-order valence-corrected chi connectivity index (χ1v) is 8.24. The second-order valence-corrected chi connectivity index (χ2v) is 7.35. The Hall–Kier alpha value is -2.78. The van der Waals surface area contributed by atoms with Gasteiger partial charge in [-0.1, -0.05) is 13.8 Å². The molecule has 1 atom stereocenters. The third-order valence-corrected chi connectivity index (χ3v) is 5.04. The Bertz CT molecular complexity index is 893. The molecular weight excluding hydrogens is 346 g/mol. The number of imidazole rings is 1. The summed E-state index contributed by atoms with van der Waals surface area (Å²) < 4.78 is 30.2. The monoisotopic (exact) mass is 364 g/mol. The van der Waals surface area contributed by atoms with Gasteiger partial charge in [-0.25, -0.2) is 23.1 Å². The van der Waals surface area contributed by atoms with Crippen molar-refractivity contribution in [3.8, 4) is 0 Å². The summed E-state index contributed by atoms with van der Waals surface area (Å²) in [6.07, 6.45) is 3.12. The molecule has 10 heteroatoms. The Morgan fingerprint density at radius 1 is 1.27 bits per heavy atom. The number of aromatic nitrogens is 3. The first-order chi connectivity index (χ1) is 12.2. The molecule has 138 valence electrons. The van der Waals surface area contributed by atoms with Crippen LogP contribution in [0, 0.1) is 5.41 Å². The maximum absolute atomic E-state index is 14.3. The van der Waals surface area contributed by atoms with Crippen LogP contribution in [-0.4, -0.2) is 52.1 Å². The number of imide groups is 1. The van der Waals surface area contributed by atoms with Crippen molar-refractivity contribution in [3.05, 3.63) is 24.2 Å². The standard InChI is InChI=1S/C16H18F2N6O2/c1-15(2)7-23(8-16(15,17)18)11-5-10(22-24-4-3-19-12(11)24)9-6-20-14(26)21-13(9)25/h3-5,9H,6-8H2,1-2H3,(H2,20,21,25,26). The number of urea groups is 1. The van der Waals surface area contributed by atoms with Crippen LogP contribution in [0.2, 0.25) is 0 Å². The highest BCUT2D eigenvalue weighted by atomic mass is 19.3. The third kappa shape index (κ3) is 2.47. The predicted octanol–water partition coefficient (Wildman–Crippen LogP) is 1.13. The number of alkyl halides is 2. The van der Waals surface area contributed by atoms with E-state index < -0.39 is 35.7 Å². The fourth-order valence-electron chi connectivity index (χ4n) is 3.36. The van der Waals surface area contributed by atoms with Crippen LogP contribution in [0.25, 0.3) is 5.65 Å². The zero-order chi connectivity index (χ0) is 18.7. The molecule has 0 saturated carbocycles. The summed E-state index contributed by atoms with van der Waals surface area (Å²) >= 11 is 0. The molecule has 0 bridgehead atoms. The van der Waals surface area contributed by atoms with Crippen LogP contribution in [0.5, 0.6) is 0 Å². The van der Waals surface area contributed by atoms with Gasteiger partial charge in [0.25, 0.3) is 5.92 Å². The Kier molecular flexibility index (Phi) is 3.44. The van der Waals surface area contributed by atoms with E-state index in [1.165, 1.54) is 24.6 Å². The molecule has 26 heavy (non-hydrogen) atoms. The van der Waals surface area contributed by atoms with Gasteiger partial charge in [0.05, 0.1) is 23.8 Å². The number of carbonyl (C=O) groups is 2. The second-order valence-electron chi connectivity index (χ2n) is 7.35. The number of hydrogen-bond acceptors (Lipinski definition) is 5. The highest BCUT2D eigenvalue weighted by molar-refractivity contribution is 6.00. The molecule has 0 spiro atoms. The fourth-order valence-corrected chi connectivity index (χ4v) is 3.36. The van der Waals surface area contributed by atoms with Crippen LogP contribution < -0.4 is 15.5 Å². The smallest absolute Gasteiger partial charge is 0.321 e. The van der Waals surface area contributed by atoms with Gasteiger partial charge < -0.3 is 10.2 Å². The fraction of sp³-hybridized carbons (Fsp3) is 0.500. The Balaban J connectivity index is 1.77. The minimum Gasteiger partial charge on any atom is -0.362 e. The molecule has 0 aromatic carbocycles. The number of halogens is 2. The first-order valence-electron chi connectivity index (χ1n) is 8.24. The quantitative estimate of drug-likeness (QED) is 0.834. The number of fused-ring (bicyclic) bond motifs is 1. The topological polar surface area (TPSA) is 91.6 Å².